The van der Waals surface area contributed by atoms with Crippen LogP contribution in [0.5, 0.6) is 0 Å². The van der Waals surface area contributed by atoms with Crippen LogP contribution in [0, 0.1) is 10.1 Å². The number of fused-ring (bicyclic) bond motifs is 3. The van der Waals surface area contributed by atoms with Crippen LogP contribution in [0.3, 0.4) is 0 Å². The number of hydrogen-bond acceptors (Lipinski definition) is 7. The van der Waals surface area contributed by atoms with Crippen molar-refractivity contribution in [2.45, 2.75) is 5.54 Å². The summed E-state index contributed by atoms with van der Waals surface area (Å²) in [5.74, 6) is -2.91. The molecule has 1 aliphatic heterocycles. The minimum Gasteiger partial charge on any atom is -0.467 e. The van der Waals surface area contributed by atoms with Crippen molar-refractivity contribution in [1.29, 1.82) is 0 Å². The zero-order valence-corrected chi connectivity index (χ0v) is 13.2. The van der Waals surface area contributed by atoms with Gasteiger partial charge in [0, 0.05) is 11.6 Å². The molecule has 3 rings (SSSR count). The maximum atomic E-state index is 12.4. The van der Waals surface area contributed by atoms with Crippen molar-refractivity contribution in [2.24, 2.45) is 0 Å². The van der Waals surface area contributed by atoms with Crippen LogP contribution < -0.4 is 5.32 Å². The molecule has 9 nitrogen and oxygen atoms in total. The van der Waals surface area contributed by atoms with Gasteiger partial charge >= 0.3 is 11.9 Å². The maximum Gasteiger partial charge on any atom is 0.348 e. The van der Waals surface area contributed by atoms with Gasteiger partial charge in [-0.1, -0.05) is 18.2 Å². The molecule has 0 radical (unpaired) electrons. The quantitative estimate of drug-likeness (QED) is 0.381. The molecule has 0 bridgehead atoms. The first kappa shape index (κ1) is 16.4. The van der Waals surface area contributed by atoms with E-state index < -0.39 is 28.3 Å². The third kappa shape index (κ3) is 2.05. The van der Waals surface area contributed by atoms with Gasteiger partial charge in [-0.2, -0.15) is 0 Å². The van der Waals surface area contributed by atoms with Gasteiger partial charge in [0.05, 0.1) is 30.1 Å². The van der Waals surface area contributed by atoms with Crippen LogP contribution in [0.25, 0.3) is 10.8 Å². The lowest BCUT2D eigenvalue weighted by atomic mass is 9.85. The van der Waals surface area contributed by atoms with E-state index in [4.69, 9.17) is 9.47 Å². The highest BCUT2D eigenvalue weighted by molar-refractivity contribution is 6.21. The molecule has 0 spiro atoms. The number of ether oxygens (including phenoxy) is 2. The highest BCUT2D eigenvalue weighted by Gasteiger charge is 2.58. The van der Waals surface area contributed by atoms with Gasteiger partial charge in [-0.3, -0.25) is 14.9 Å². The molecule has 1 heterocycles. The first-order valence-electron chi connectivity index (χ1n) is 7.08. The lowest BCUT2D eigenvalue weighted by Gasteiger charge is -2.25. The average Bonchev–Trinajstić information content (AvgIpc) is 2.93. The van der Waals surface area contributed by atoms with Crippen molar-refractivity contribution < 1.29 is 28.8 Å². The highest BCUT2D eigenvalue weighted by atomic mass is 16.6. The largest absolute Gasteiger partial charge is 0.467 e. The number of amides is 1. The molecule has 2 aromatic rings. The molecule has 9 heteroatoms. The number of benzene rings is 2. The standard InChI is InChI=1S/C16H12N2O7/c1-24-14(20)16(15(21)25-2)12-9-6-4-3-5-8(9)11(18(22)23)7-10(12)13(19)17-16/h3-7H,1-2H3,(H,17,19). The summed E-state index contributed by atoms with van der Waals surface area (Å²) < 4.78 is 9.41. The van der Waals surface area contributed by atoms with E-state index in [2.05, 4.69) is 5.32 Å². The van der Waals surface area contributed by atoms with Gasteiger partial charge in [0.15, 0.2) is 0 Å². The summed E-state index contributed by atoms with van der Waals surface area (Å²) >= 11 is 0. The number of carbonyl (C=O) groups excluding carboxylic acids is 3. The van der Waals surface area contributed by atoms with Crippen LogP contribution in [0.15, 0.2) is 30.3 Å². The lowest BCUT2D eigenvalue weighted by Crippen LogP contribution is -2.54. The third-order valence-electron chi connectivity index (χ3n) is 4.12. The minimum atomic E-state index is -2.22. The molecule has 0 aliphatic carbocycles. The summed E-state index contributed by atoms with van der Waals surface area (Å²) in [6.45, 7) is 0. The van der Waals surface area contributed by atoms with Crippen molar-refractivity contribution >= 4 is 34.3 Å². The fourth-order valence-corrected chi connectivity index (χ4v) is 3.09. The molecule has 0 saturated heterocycles. The van der Waals surface area contributed by atoms with Gasteiger partial charge in [0.2, 0.25) is 0 Å². The number of non-ortho nitro benzene ring substituents is 1. The first-order chi connectivity index (χ1) is 11.9. The summed E-state index contributed by atoms with van der Waals surface area (Å²) in [6.07, 6.45) is 0. The highest BCUT2D eigenvalue weighted by Crippen LogP contribution is 2.42. The Balaban J connectivity index is 2.50. The average molecular weight is 344 g/mol. The molecular formula is C16H12N2O7. The molecule has 2 aromatic carbocycles. The Morgan fingerprint density at radius 1 is 1.12 bits per heavy atom. The van der Waals surface area contributed by atoms with E-state index >= 15 is 0 Å². The Morgan fingerprint density at radius 3 is 2.20 bits per heavy atom. The minimum absolute atomic E-state index is 0.0163. The molecule has 0 atom stereocenters. The number of nitro benzene ring substituents is 1. The molecule has 0 saturated carbocycles. The van der Waals surface area contributed by atoms with Gasteiger partial charge in [-0.05, 0) is 11.5 Å². The Hall–Kier alpha value is -3.49. The zero-order chi connectivity index (χ0) is 18.4. The number of nitrogens with zero attached hydrogens (tertiary/aromatic N) is 1. The topological polar surface area (TPSA) is 125 Å². The Kier molecular flexibility index (Phi) is 3.63. The molecule has 0 fully saturated rings. The number of carbonyl (C=O) groups is 3. The second-order valence-electron chi connectivity index (χ2n) is 5.31. The maximum absolute atomic E-state index is 12.4. The zero-order valence-electron chi connectivity index (χ0n) is 13.2. The monoisotopic (exact) mass is 344 g/mol. The van der Waals surface area contributed by atoms with E-state index in [1.54, 1.807) is 12.1 Å². The number of esters is 2. The van der Waals surface area contributed by atoms with Crippen LogP contribution in [0.2, 0.25) is 0 Å². The number of nitro groups is 1. The van der Waals surface area contributed by atoms with Crippen LogP contribution >= 0.6 is 0 Å². The van der Waals surface area contributed by atoms with E-state index in [9.17, 15) is 24.5 Å². The number of nitrogens with one attached hydrogen (secondary N) is 1. The molecule has 0 aromatic heterocycles. The molecule has 0 unspecified atom stereocenters. The van der Waals surface area contributed by atoms with Crippen LogP contribution in [-0.2, 0) is 24.6 Å². The Bertz CT molecular complexity index is 935. The van der Waals surface area contributed by atoms with E-state index in [0.717, 1.165) is 20.3 Å². The molecule has 1 amide bonds. The predicted molar refractivity (Wildman–Crippen MR) is 83.8 cm³/mol. The summed E-state index contributed by atoms with van der Waals surface area (Å²) in [7, 11) is 2.12. The van der Waals surface area contributed by atoms with Crippen molar-refractivity contribution in [3.05, 3.63) is 51.6 Å². The van der Waals surface area contributed by atoms with Crippen molar-refractivity contribution in [1.82, 2.24) is 5.32 Å². The van der Waals surface area contributed by atoms with Crippen LogP contribution in [0.1, 0.15) is 15.9 Å². The van der Waals surface area contributed by atoms with Gasteiger partial charge in [-0.15, -0.1) is 0 Å². The Morgan fingerprint density at radius 2 is 1.68 bits per heavy atom. The summed E-state index contributed by atoms with van der Waals surface area (Å²) in [6, 6.07) is 7.15. The second-order valence-corrected chi connectivity index (χ2v) is 5.31. The first-order valence-corrected chi connectivity index (χ1v) is 7.08. The number of rotatable bonds is 3. The fraction of sp³-hybridized carbons (Fsp3) is 0.188. The van der Waals surface area contributed by atoms with E-state index in [0.29, 0.717) is 0 Å². The lowest BCUT2D eigenvalue weighted by molar-refractivity contribution is -0.383. The number of methoxy groups -OCH3 is 2. The predicted octanol–water partition coefficient (Wildman–Crippen LogP) is 1.03. The smallest absolute Gasteiger partial charge is 0.348 e. The molecule has 25 heavy (non-hydrogen) atoms. The summed E-state index contributed by atoms with van der Waals surface area (Å²) in [4.78, 5) is 48.0. The normalized spacial score (nSPS) is 14.6. The van der Waals surface area contributed by atoms with Gasteiger partial charge in [0.25, 0.3) is 17.1 Å². The van der Waals surface area contributed by atoms with E-state index in [1.807, 2.05) is 0 Å². The Labute approximate surface area is 140 Å². The van der Waals surface area contributed by atoms with Crippen LogP contribution in [0.4, 0.5) is 5.69 Å². The van der Waals surface area contributed by atoms with E-state index in [1.165, 1.54) is 12.1 Å². The van der Waals surface area contributed by atoms with Crippen molar-refractivity contribution in [2.75, 3.05) is 14.2 Å². The SMILES string of the molecule is COC(=O)C1(C(=O)OC)NC(=O)c2cc([N+](=O)[O-])c3ccccc3c21. The molecule has 1 N–H and O–H groups in total. The van der Waals surface area contributed by atoms with Crippen molar-refractivity contribution in [3.8, 4) is 0 Å². The van der Waals surface area contributed by atoms with Gasteiger partial charge in [-0.25, -0.2) is 9.59 Å². The summed E-state index contributed by atoms with van der Waals surface area (Å²) in [5, 5.41) is 14.0. The fourth-order valence-electron chi connectivity index (χ4n) is 3.09. The van der Waals surface area contributed by atoms with Crippen LogP contribution in [-0.4, -0.2) is 37.0 Å². The molecule has 1 aliphatic rings. The molecular weight excluding hydrogens is 332 g/mol. The number of hydrogen-bond donors (Lipinski definition) is 1. The van der Waals surface area contributed by atoms with Crippen molar-refractivity contribution in [3.63, 3.8) is 0 Å². The van der Waals surface area contributed by atoms with Gasteiger partial charge in [0.1, 0.15) is 0 Å². The summed E-state index contributed by atoms with van der Waals surface area (Å²) in [5.41, 5.74) is -2.70. The molecule has 128 valence electrons. The van der Waals surface area contributed by atoms with E-state index in [-0.39, 0.29) is 27.6 Å². The second kappa shape index (κ2) is 5.55. The van der Waals surface area contributed by atoms with Gasteiger partial charge < -0.3 is 14.8 Å². The third-order valence-corrected chi connectivity index (χ3v) is 4.12.